The van der Waals surface area contributed by atoms with E-state index in [0.29, 0.717) is 25.7 Å². The molecule has 2 saturated carbocycles. The summed E-state index contributed by atoms with van der Waals surface area (Å²) in [4.78, 5) is 11.6. The summed E-state index contributed by atoms with van der Waals surface area (Å²) in [5, 5.41) is 9.52. The Bertz CT molecular complexity index is 307. The zero-order valence-electron chi connectivity index (χ0n) is 10.8. The first kappa shape index (κ1) is 13.8. The van der Waals surface area contributed by atoms with Gasteiger partial charge in [0.05, 0.1) is 5.41 Å². The van der Waals surface area contributed by atoms with Crippen LogP contribution in [0.1, 0.15) is 64.2 Å². The molecule has 0 radical (unpaired) electrons. The van der Waals surface area contributed by atoms with Crippen LogP contribution in [0.15, 0.2) is 0 Å². The smallest absolute Gasteiger partial charge is 0.309 e. The highest BCUT2D eigenvalue weighted by Gasteiger charge is 2.46. The molecule has 2 rings (SSSR count). The van der Waals surface area contributed by atoms with Gasteiger partial charge in [0.15, 0.2) is 0 Å². The number of halogens is 2. The molecule has 2 aliphatic carbocycles. The van der Waals surface area contributed by atoms with Crippen molar-refractivity contribution in [3.05, 3.63) is 0 Å². The van der Waals surface area contributed by atoms with Gasteiger partial charge in [-0.25, -0.2) is 8.78 Å². The van der Waals surface area contributed by atoms with Crippen LogP contribution in [0, 0.1) is 11.3 Å². The van der Waals surface area contributed by atoms with Crippen LogP contribution in [0.5, 0.6) is 0 Å². The minimum atomic E-state index is -2.56. The Kier molecular flexibility index (Phi) is 3.93. The van der Waals surface area contributed by atoms with Crippen molar-refractivity contribution in [3.63, 3.8) is 0 Å². The van der Waals surface area contributed by atoms with E-state index in [2.05, 4.69) is 0 Å². The molecule has 0 aromatic heterocycles. The average Bonchev–Trinajstić information content (AvgIpc) is 2.52. The van der Waals surface area contributed by atoms with Gasteiger partial charge in [0.25, 0.3) is 0 Å². The van der Waals surface area contributed by atoms with Crippen LogP contribution in [-0.4, -0.2) is 17.0 Å². The molecule has 1 unspecified atom stereocenters. The van der Waals surface area contributed by atoms with Crippen LogP contribution in [0.4, 0.5) is 8.78 Å². The Hall–Kier alpha value is -0.670. The van der Waals surface area contributed by atoms with Gasteiger partial charge >= 0.3 is 5.97 Å². The van der Waals surface area contributed by atoms with E-state index in [0.717, 1.165) is 25.7 Å². The molecule has 2 fully saturated rings. The molecule has 104 valence electrons. The number of rotatable bonds is 3. The van der Waals surface area contributed by atoms with Crippen LogP contribution in [0.25, 0.3) is 0 Å². The first-order valence-corrected chi connectivity index (χ1v) is 7.05. The molecule has 1 atom stereocenters. The van der Waals surface area contributed by atoms with Crippen LogP contribution >= 0.6 is 0 Å². The van der Waals surface area contributed by atoms with E-state index < -0.39 is 17.3 Å². The molecule has 0 saturated heterocycles. The largest absolute Gasteiger partial charge is 0.481 e. The van der Waals surface area contributed by atoms with Crippen molar-refractivity contribution in [1.29, 1.82) is 0 Å². The van der Waals surface area contributed by atoms with Gasteiger partial charge in [-0.05, 0) is 31.6 Å². The molecule has 2 aliphatic rings. The molecule has 0 aliphatic heterocycles. The normalized spacial score (nSPS) is 30.9. The summed E-state index contributed by atoms with van der Waals surface area (Å²) >= 11 is 0. The van der Waals surface area contributed by atoms with Gasteiger partial charge in [0, 0.05) is 12.8 Å². The summed E-state index contributed by atoms with van der Waals surface area (Å²) in [6.45, 7) is 0. The predicted molar refractivity (Wildman–Crippen MR) is 64.7 cm³/mol. The molecule has 0 spiro atoms. The maximum atomic E-state index is 13.2. The summed E-state index contributed by atoms with van der Waals surface area (Å²) in [5.41, 5.74) is -0.721. The summed E-state index contributed by atoms with van der Waals surface area (Å²) in [7, 11) is 0. The van der Waals surface area contributed by atoms with Gasteiger partial charge in [-0.15, -0.1) is 0 Å². The second kappa shape index (κ2) is 5.14. The van der Waals surface area contributed by atoms with E-state index in [1.807, 2.05) is 0 Å². The quantitative estimate of drug-likeness (QED) is 0.771. The van der Waals surface area contributed by atoms with Gasteiger partial charge in [-0.1, -0.05) is 25.7 Å². The second-order valence-electron chi connectivity index (χ2n) is 6.17. The van der Waals surface area contributed by atoms with Crippen LogP contribution in [-0.2, 0) is 4.79 Å². The second-order valence-corrected chi connectivity index (χ2v) is 6.17. The molecule has 1 N–H and O–H groups in total. The zero-order chi connectivity index (χ0) is 13.2. The standard InChI is InChI=1S/C14H22F2O2/c15-14(16)8-5-11(10-14)9-13(12(17)18)6-3-1-2-4-7-13/h11H,1-10H2,(H,17,18). The van der Waals surface area contributed by atoms with Gasteiger partial charge in [-0.2, -0.15) is 0 Å². The van der Waals surface area contributed by atoms with E-state index in [1.54, 1.807) is 0 Å². The number of carbonyl (C=O) groups is 1. The molecular weight excluding hydrogens is 238 g/mol. The monoisotopic (exact) mass is 260 g/mol. The van der Waals surface area contributed by atoms with E-state index >= 15 is 0 Å². The Morgan fingerprint density at radius 2 is 1.72 bits per heavy atom. The lowest BCUT2D eigenvalue weighted by molar-refractivity contribution is -0.151. The lowest BCUT2D eigenvalue weighted by Crippen LogP contribution is -2.32. The van der Waals surface area contributed by atoms with Crippen molar-refractivity contribution >= 4 is 5.97 Å². The number of hydrogen-bond donors (Lipinski definition) is 1. The van der Waals surface area contributed by atoms with Crippen molar-refractivity contribution in [3.8, 4) is 0 Å². The highest BCUT2D eigenvalue weighted by Crippen LogP contribution is 2.48. The van der Waals surface area contributed by atoms with Crippen molar-refractivity contribution in [2.75, 3.05) is 0 Å². The number of hydrogen-bond acceptors (Lipinski definition) is 1. The van der Waals surface area contributed by atoms with Crippen molar-refractivity contribution in [2.24, 2.45) is 11.3 Å². The lowest BCUT2D eigenvalue weighted by atomic mass is 9.73. The number of carboxylic acid groups (broad SMARTS) is 1. The van der Waals surface area contributed by atoms with E-state index in [-0.39, 0.29) is 18.8 Å². The van der Waals surface area contributed by atoms with Crippen LogP contribution in [0.2, 0.25) is 0 Å². The molecule has 0 amide bonds. The molecule has 0 aromatic carbocycles. The molecule has 4 heteroatoms. The Balaban J connectivity index is 2.04. The van der Waals surface area contributed by atoms with Crippen LogP contribution in [0.3, 0.4) is 0 Å². The Morgan fingerprint density at radius 1 is 1.11 bits per heavy atom. The highest BCUT2D eigenvalue weighted by molar-refractivity contribution is 5.74. The molecule has 0 heterocycles. The highest BCUT2D eigenvalue weighted by atomic mass is 19.3. The first-order valence-electron chi connectivity index (χ1n) is 7.05. The Morgan fingerprint density at radius 3 is 2.17 bits per heavy atom. The number of aliphatic carboxylic acids is 1. The lowest BCUT2D eigenvalue weighted by Gasteiger charge is -2.30. The van der Waals surface area contributed by atoms with Crippen molar-refractivity contribution < 1.29 is 18.7 Å². The maximum Gasteiger partial charge on any atom is 0.309 e. The number of carboxylic acids is 1. The third kappa shape index (κ3) is 3.01. The summed E-state index contributed by atoms with van der Waals surface area (Å²) in [6, 6.07) is 0. The van der Waals surface area contributed by atoms with Crippen molar-refractivity contribution in [2.45, 2.75) is 70.1 Å². The minimum absolute atomic E-state index is 0.0621. The zero-order valence-corrected chi connectivity index (χ0v) is 10.8. The fourth-order valence-corrected chi connectivity index (χ4v) is 3.68. The first-order chi connectivity index (χ1) is 8.44. The molecule has 2 nitrogen and oxygen atoms in total. The van der Waals surface area contributed by atoms with Crippen LogP contribution < -0.4 is 0 Å². The summed E-state index contributed by atoms with van der Waals surface area (Å²) in [6.07, 6.45) is 6.13. The average molecular weight is 260 g/mol. The summed E-state index contributed by atoms with van der Waals surface area (Å²) in [5.74, 6) is -3.43. The fourth-order valence-electron chi connectivity index (χ4n) is 3.68. The van der Waals surface area contributed by atoms with Gasteiger partial charge < -0.3 is 5.11 Å². The SMILES string of the molecule is O=C(O)C1(CC2CCC(F)(F)C2)CCCCCC1. The van der Waals surface area contributed by atoms with E-state index in [1.165, 1.54) is 0 Å². The third-order valence-electron chi connectivity index (χ3n) is 4.70. The van der Waals surface area contributed by atoms with Gasteiger partial charge in [0.1, 0.15) is 0 Å². The molecule has 0 bridgehead atoms. The van der Waals surface area contributed by atoms with E-state index in [9.17, 15) is 18.7 Å². The van der Waals surface area contributed by atoms with E-state index in [4.69, 9.17) is 0 Å². The van der Waals surface area contributed by atoms with Gasteiger partial charge in [0.2, 0.25) is 5.92 Å². The van der Waals surface area contributed by atoms with Gasteiger partial charge in [-0.3, -0.25) is 4.79 Å². The predicted octanol–water partition coefficient (Wildman–Crippen LogP) is 4.24. The molecule has 18 heavy (non-hydrogen) atoms. The third-order valence-corrected chi connectivity index (χ3v) is 4.70. The number of alkyl halides is 2. The minimum Gasteiger partial charge on any atom is -0.481 e. The molecular formula is C14H22F2O2. The Labute approximate surface area is 107 Å². The topological polar surface area (TPSA) is 37.3 Å². The summed E-state index contributed by atoms with van der Waals surface area (Å²) < 4.78 is 26.4. The fraction of sp³-hybridized carbons (Fsp3) is 0.929. The maximum absolute atomic E-state index is 13.2. The van der Waals surface area contributed by atoms with Crippen molar-refractivity contribution in [1.82, 2.24) is 0 Å². The molecule has 0 aromatic rings.